The molecule has 1 aliphatic rings. The molecule has 0 aromatic rings. The van der Waals surface area contributed by atoms with Gasteiger partial charge in [-0.2, -0.15) is 5.26 Å². The first-order chi connectivity index (χ1) is 6.63. The molecule has 0 aromatic heterocycles. The summed E-state index contributed by atoms with van der Waals surface area (Å²) in [6.07, 6.45) is 2.38. The lowest BCUT2D eigenvalue weighted by Crippen LogP contribution is -2.41. The zero-order valence-electron chi connectivity index (χ0n) is 9.24. The molecule has 0 radical (unpaired) electrons. The van der Waals surface area contributed by atoms with E-state index >= 15 is 0 Å². The van der Waals surface area contributed by atoms with Gasteiger partial charge in [-0.15, -0.1) is 0 Å². The molecular formula is C11H21N3. The maximum Gasteiger partial charge on any atom is 0.0666 e. The van der Waals surface area contributed by atoms with E-state index in [1.807, 2.05) is 6.92 Å². The van der Waals surface area contributed by atoms with Gasteiger partial charge in [-0.05, 0) is 45.7 Å². The van der Waals surface area contributed by atoms with Crippen molar-refractivity contribution in [2.45, 2.75) is 32.7 Å². The van der Waals surface area contributed by atoms with Crippen molar-refractivity contribution in [2.24, 2.45) is 17.6 Å². The quantitative estimate of drug-likeness (QED) is 0.736. The summed E-state index contributed by atoms with van der Waals surface area (Å²) in [5, 5.41) is 8.71. The topological polar surface area (TPSA) is 53.0 Å². The van der Waals surface area contributed by atoms with Crippen molar-refractivity contribution in [2.75, 3.05) is 19.6 Å². The summed E-state index contributed by atoms with van der Waals surface area (Å²) in [5.41, 5.74) is 5.87. The number of hydrogen-bond donors (Lipinski definition) is 1. The van der Waals surface area contributed by atoms with E-state index < -0.39 is 0 Å². The molecular weight excluding hydrogens is 174 g/mol. The van der Waals surface area contributed by atoms with E-state index in [0.717, 1.165) is 19.6 Å². The van der Waals surface area contributed by atoms with Gasteiger partial charge >= 0.3 is 0 Å². The summed E-state index contributed by atoms with van der Waals surface area (Å²) >= 11 is 0. The normalized spacial score (nSPS) is 24.1. The number of rotatable bonds is 3. The minimum atomic E-state index is 0.154. The summed E-state index contributed by atoms with van der Waals surface area (Å²) in [5.74, 6) is 0.838. The van der Waals surface area contributed by atoms with Crippen molar-refractivity contribution in [3.63, 3.8) is 0 Å². The van der Waals surface area contributed by atoms with Crippen molar-refractivity contribution >= 4 is 0 Å². The lowest BCUT2D eigenvalue weighted by molar-refractivity contribution is 0.163. The first kappa shape index (κ1) is 11.5. The highest BCUT2D eigenvalue weighted by molar-refractivity contribution is 4.84. The molecule has 3 heteroatoms. The third-order valence-corrected chi connectivity index (χ3v) is 3.13. The average Bonchev–Trinajstić information content (AvgIpc) is 2.18. The summed E-state index contributed by atoms with van der Waals surface area (Å²) in [4.78, 5) is 2.38. The molecule has 2 unspecified atom stereocenters. The zero-order valence-corrected chi connectivity index (χ0v) is 9.24. The van der Waals surface area contributed by atoms with E-state index in [9.17, 15) is 0 Å². The Morgan fingerprint density at radius 2 is 2.00 bits per heavy atom. The van der Waals surface area contributed by atoms with Crippen LogP contribution in [0.25, 0.3) is 0 Å². The highest BCUT2D eigenvalue weighted by atomic mass is 15.1. The van der Waals surface area contributed by atoms with E-state index in [-0.39, 0.29) is 5.92 Å². The Hall–Kier alpha value is -0.590. The zero-order chi connectivity index (χ0) is 10.6. The van der Waals surface area contributed by atoms with E-state index in [0.29, 0.717) is 12.0 Å². The molecule has 1 heterocycles. The van der Waals surface area contributed by atoms with Gasteiger partial charge in [0.2, 0.25) is 0 Å². The molecule has 1 rings (SSSR count). The monoisotopic (exact) mass is 195 g/mol. The molecule has 2 atom stereocenters. The lowest BCUT2D eigenvalue weighted by Gasteiger charge is -2.34. The number of nitrogens with two attached hydrogens (primary N) is 1. The third-order valence-electron chi connectivity index (χ3n) is 3.13. The molecule has 80 valence electrons. The Bertz CT molecular complexity index is 199. The molecule has 3 nitrogen and oxygen atoms in total. The van der Waals surface area contributed by atoms with Crippen LogP contribution in [0.3, 0.4) is 0 Å². The van der Waals surface area contributed by atoms with Gasteiger partial charge in [0.15, 0.2) is 0 Å². The van der Waals surface area contributed by atoms with Crippen LogP contribution in [-0.2, 0) is 0 Å². The van der Waals surface area contributed by atoms with Crippen LogP contribution in [0.2, 0.25) is 0 Å². The fourth-order valence-electron chi connectivity index (χ4n) is 2.09. The highest BCUT2D eigenvalue weighted by Gasteiger charge is 2.22. The van der Waals surface area contributed by atoms with Gasteiger partial charge in [-0.3, -0.25) is 0 Å². The lowest BCUT2D eigenvalue weighted by atomic mass is 9.90. The summed E-state index contributed by atoms with van der Waals surface area (Å²) in [6, 6.07) is 2.60. The molecule has 0 aromatic carbocycles. The van der Waals surface area contributed by atoms with Crippen LogP contribution in [0.5, 0.6) is 0 Å². The molecule has 14 heavy (non-hydrogen) atoms. The van der Waals surface area contributed by atoms with Crippen molar-refractivity contribution in [1.29, 1.82) is 5.26 Å². The number of likely N-dealkylation sites (tertiary alicyclic amines) is 1. The second-order valence-corrected chi connectivity index (χ2v) is 4.53. The molecule has 0 spiro atoms. The van der Waals surface area contributed by atoms with Gasteiger partial charge in [0.1, 0.15) is 0 Å². The van der Waals surface area contributed by atoms with Crippen molar-refractivity contribution < 1.29 is 0 Å². The highest BCUT2D eigenvalue weighted by Crippen LogP contribution is 2.19. The molecule has 1 aliphatic heterocycles. The van der Waals surface area contributed by atoms with Crippen LogP contribution in [0.15, 0.2) is 0 Å². The van der Waals surface area contributed by atoms with Gasteiger partial charge in [-0.1, -0.05) is 0 Å². The average molecular weight is 195 g/mol. The second-order valence-electron chi connectivity index (χ2n) is 4.53. The van der Waals surface area contributed by atoms with E-state index in [1.54, 1.807) is 0 Å². The molecule has 1 fully saturated rings. The predicted octanol–water partition coefficient (Wildman–Crippen LogP) is 1.21. The van der Waals surface area contributed by atoms with Gasteiger partial charge in [0, 0.05) is 12.6 Å². The summed E-state index contributed by atoms with van der Waals surface area (Å²) < 4.78 is 0. The smallest absolute Gasteiger partial charge is 0.0666 e. The van der Waals surface area contributed by atoms with Crippen LogP contribution in [0.4, 0.5) is 0 Å². The van der Waals surface area contributed by atoms with Crippen molar-refractivity contribution in [1.82, 2.24) is 4.90 Å². The Morgan fingerprint density at radius 3 is 2.43 bits per heavy atom. The molecule has 2 N–H and O–H groups in total. The predicted molar refractivity (Wildman–Crippen MR) is 57.6 cm³/mol. The largest absolute Gasteiger partial charge is 0.328 e. The van der Waals surface area contributed by atoms with Crippen LogP contribution in [0.1, 0.15) is 26.7 Å². The van der Waals surface area contributed by atoms with E-state index in [1.165, 1.54) is 12.8 Å². The van der Waals surface area contributed by atoms with Gasteiger partial charge < -0.3 is 10.6 Å². The minimum absolute atomic E-state index is 0.154. The molecule has 0 amide bonds. The summed E-state index contributed by atoms with van der Waals surface area (Å²) in [7, 11) is 0. The molecule has 0 aliphatic carbocycles. The SMILES string of the molecule is CC(C#N)CN1CCC(C(C)N)CC1. The van der Waals surface area contributed by atoms with Crippen molar-refractivity contribution in [3.05, 3.63) is 0 Å². The number of nitrogens with zero attached hydrogens (tertiary/aromatic N) is 2. The number of hydrogen-bond acceptors (Lipinski definition) is 3. The number of nitriles is 1. The second kappa shape index (κ2) is 5.33. The summed E-state index contributed by atoms with van der Waals surface area (Å²) in [6.45, 7) is 7.22. The third kappa shape index (κ3) is 3.28. The van der Waals surface area contributed by atoms with Crippen LogP contribution in [-0.4, -0.2) is 30.6 Å². The minimum Gasteiger partial charge on any atom is -0.328 e. The standard InChI is InChI=1S/C11H21N3/c1-9(7-12)8-14-5-3-11(4-6-14)10(2)13/h9-11H,3-6,8,13H2,1-2H3. The molecule has 0 saturated carbocycles. The fraction of sp³-hybridized carbons (Fsp3) is 0.909. The first-order valence-corrected chi connectivity index (χ1v) is 5.51. The van der Waals surface area contributed by atoms with Crippen LogP contribution < -0.4 is 5.73 Å². The first-order valence-electron chi connectivity index (χ1n) is 5.51. The van der Waals surface area contributed by atoms with Crippen molar-refractivity contribution in [3.8, 4) is 6.07 Å². The maximum atomic E-state index is 8.71. The maximum absolute atomic E-state index is 8.71. The molecule has 1 saturated heterocycles. The Kier molecular flexibility index (Phi) is 4.37. The van der Waals surface area contributed by atoms with Crippen LogP contribution in [0, 0.1) is 23.2 Å². The fourth-order valence-corrected chi connectivity index (χ4v) is 2.09. The van der Waals surface area contributed by atoms with Crippen LogP contribution >= 0.6 is 0 Å². The van der Waals surface area contributed by atoms with Gasteiger partial charge in [0.05, 0.1) is 12.0 Å². The Balaban J connectivity index is 2.26. The Labute approximate surface area is 86.9 Å². The molecule has 0 bridgehead atoms. The Morgan fingerprint density at radius 1 is 1.43 bits per heavy atom. The van der Waals surface area contributed by atoms with Gasteiger partial charge in [-0.25, -0.2) is 0 Å². The van der Waals surface area contributed by atoms with Gasteiger partial charge in [0.25, 0.3) is 0 Å². The van der Waals surface area contributed by atoms with E-state index in [2.05, 4.69) is 17.9 Å². The number of piperidine rings is 1. The van der Waals surface area contributed by atoms with E-state index in [4.69, 9.17) is 11.0 Å².